The van der Waals surface area contributed by atoms with Crippen molar-refractivity contribution in [2.24, 2.45) is 0 Å². The second-order valence-electron chi connectivity index (χ2n) is 8.66. The third-order valence-corrected chi connectivity index (χ3v) is 6.70. The molecule has 0 bridgehead atoms. The van der Waals surface area contributed by atoms with E-state index < -0.39 is 0 Å². The molecule has 5 aromatic rings. The molecule has 182 valence electrons. The summed E-state index contributed by atoms with van der Waals surface area (Å²) in [5.41, 5.74) is 3.11. The van der Waals surface area contributed by atoms with Crippen LogP contribution in [0, 0.1) is 5.82 Å². The summed E-state index contributed by atoms with van der Waals surface area (Å²) in [6.45, 7) is 0. The minimum Gasteiger partial charge on any atom is -0.457 e. The number of ether oxygens (including phenoxy) is 1. The van der Waals surface area contributed by atoms with Gasteiger partial charge in [0.1, 0.15) is 23.4 Å². The van der Waals surface area contributed by atoms with Gasteiger partial charge in [0.2, 0.25) is 0 Å². The van der Waals surface area contributed by atoms with Crippen molar-refractivity contribution in [3.8, 4) is 17.2 Å². The van der Waals surface area contributed by atoms with Crippen molar-refractivity contribution in [3.05, 3.63) is 139 Å². The highest BCUT2D eigenvalue weighted by Gasteiger charge is 2.42. The fourth-order valence-electron chi connectivity index (χ4n) is 4.73. The number of hydrogen-bond donors (Lipinski definition) is 1. The van der Waals surface area contributed by atoms with E-state index in [-0.39, 0.29) is 17.9 Å². The molecular formula is C30H23FN4OS. The first kappa shape index (κ1) is 22.9. The maximum absolute atomic E-state index is 14.9. The maximum atomic E-state index is 14.9. The molecule has 2 unspecified atom stereocenters. The van der Waals surface area contributed by atoms with Gasteiger partial charge >= 0.3 is 0 Å². The van der Waals surface area contributed by atoms with Crippen LogP contribution in [0.5, 0.6) is 11.5 Å². The Labute approximate surface area is 219 Å². The van der Waals surface area contributed by atoms with Gasteiger partial charge in [0.15, 0.2) is 5.11 Å². The molecule has 0 spiro atoms. The summed E-state index contributed by atoms with van der Waals surface area (Å²) in [5.74, 6) is 1.20. The first-order valence-electron chi connectivity index (χ1n) is 11.9. The van der Waals surface area contributed by atoms with E-state index >= 15 is 0 Å². The van der Waals surface area contributed by atoms with E-state index in [4.69, 9.17) is 17.0 Å². The van der Waals surface area contributed by atoms with E-state index in [1.807, 2.05) is 102 Å². The molecule has 1 saturated heterocycles. The van der Waals surface area contributed by atoms with Crippen molar-refractivity contribution in [3.63, 3.8) is 0 Å². The molecule has 3 aromatic carbocycles. The van der Waals surface area contributed by atoms with Crippen molar-refractivity contribution in [2.75, 3.05) is 4.90 Å². The van der Waals surface area contributed by atoms with Crippen LogP contribution in [0.15, 0.2) is 122 Å². The van der Waals surface area contributed by atoms with Gasteiger partial charge in [-0.1, -0.05) is 36.4 Å². The van der Waals surface area contributed by atoms with Crippen molar-refractivity contribution >= 4 is 23.0 Å². The number of anilines is 1. The molecule has 0 radical (unpaired) electrons. The monoisotopic (exact) mass is 506 g/mol. The fraction of sp³-hybridized carbons (Fsp3) is 0.0667. The lowest BCUT2D eigenvalue weighted by Crippen LogP contribution is -2.30. The molecule has 2 atom stereocenters. The summed E-state index contributed by atoms with van der Waals surface area (Å²) in [6, 6.07) is 33.5. The summed E-state index contributed by atoms with van der Waals surface area (Å²) in [6.07, 6.45) is 3.64. The summed E-state index contributed by atoms with van der Waals surface area (Å²) >= 11 is 5.85. The van der Waals surface area contributed by atoms with E-state index in [1.54, 1.807) is 18.3 Å². The Hall–Kier alpha value is -4.49. The molecule has 3 heterocycles. The molecule has 0 aliphatic carbocycles. The summed E-state index contributed by atoms with van der Waals surface area (Å²) in [5, 5.41) is 4.03. The Morgan fingerprint density at radius 3 is 2.27 bits per heavy atom. The largest absolute Gasteiger partial charge is 0.457 e. The molecule has 1 fully saturated rings. The molecule has 37 heavy (non-hydrogen) atoms. The van der Waals surface area contributed by atoms with Crippen molar-refractivity contribution in [1.29, 1.82) is 0 Å². The summed E-state index contributed by atoms with van der Waals surface area (Å²) in [7, 11) is 0. The second-order valence-corrected chi connectivity index (χ2v) is 9.05. The van der Waals surface area contributed by atoms with Crippen LogP contribution >= 0.6 is 12.2 Å². The Morgan fingerprint density at radius 1 is 0.784 bits per heavy atom. The van der Waals surface area contributed by atoms with Gasteiger partial charge in [-0.2, -0.15) is 0 Å². The van der Waals surface area contributed by atoms with Gasteiger partial charge in [-0.15, -0.1) is 0 Å². The van der Waals surface area contributed by atoms with Gasteiger partial charge in [-0.3, -0.25) is 4.98 Å². The number of aromatic nitrogens is 2. The molecular weight excluding hydrogens is 483 g/mol. The van der Waals surface area contributed by atoms with Gasteiger partial charge in [-0.05, 0) is 85.0 Å². The second kappa shape index (κ2) is 9.87. The zero-order chi connectivity index (χ0) is 25.2. The van der Waals surface area contributed by atoms with Gasteiger partial charge in [0.25, 0.3) is 0 Å². The lowest BCUT2D eigenvalue weighted by atomic mass is 10.0. The Balaban J connectivity index is 1.41. The highest BCUT2D eigenvalue weighted by Crippen LogP contribution is 2.42. The number of nitrogens with one attached hydrogen (secondary N) is 1. The fourth-order valence-corrected chi connectivity index (χ4v) is 5.08. The molecule has 0 amide bonds. The Bertz CT molecular complexity index is 1520. The van der Waals surface area contributed by atoms with E-state index in [1.165, 1.54) is 6.07 Å². The summed E-state index contributed by atoms with van der Waals surface area (Å²) in [4.78, 5) is 6.68. The van der Waals surface area contributed by atoms with Crippen LogP contribution in [0.1, 0.15) is 23.5 Å². The summed E-state index contributed by atoms with van der Waals surface area (Å²) < 4.78 is 22.7. The number of hydrogen-bond acceptors (Lipinski definition) is 3. The normalized spacial score (nSPS) is 17.0. The van der Waals surface area contributed by atoms with Gasteiger partial charge < -0.3 is 19.5 Å². The molecule has 0 saturated carbocycles. The smallest absolute Gasteiger partial charge is 0.174 e. The average Bonchev–Trinajstić information content (AvgIpc) is 3.55. The predicted octanol–water partition coefficient (Wildman–Crippen LogP) is 6.98. The van der Waals surface area contributed by atoms with Crippen LogP contribution in [0.2, 0.25) is 0 Å². The number of rotatable bonds is 6. The zero-order valence-corrected chi connectivity index (χ0v) is 20.6. The molecule has 1 aliphatic heterocycles. The number of pyridine rings is 1. The van der Waals surface area contributed by atoms with Crippen LogP contribution in [0.3, 0.4) is 0 Å². The zero-order valence-electron chi connectivity index (χ0n) is 19.7. The third-order valence-electron chi connectivity index (χ3n) is 6.39. The van der Waals surface area contributed by atoms with Gasteiger partial charge in [0.05, 0.1) is 17.4 Å². The van der Waals surface area contributed by atoms with Crippen molar-refractivity contribution in [2.45, 2.75) is 12.1 Å². The van der Waals surface area contributed by atoms with Crippen LogP contribution < -0.4 is 15.0 Å². The third kappa shape index (κ3) is 4.45. The van der Waals surface area contributed by atoms with Crippen LogP contribution in [-0.2, 0) is 0 Å². The van der Waals surface area contributed by atoms with Crippen molar-refractivity contribution in [1.82, 2.24) is 14.9 Å². The number of thiocarbonyl (C=S) groups is 1. The molecule has 1 N–H and O–H groups in total. The minimum absolute atomic E-state index is 0.241. The highest BCUT2D eigenvalue weighted by molar-refractivity contribution is 7.80. The maximum Gasteiger partial charge on any atom is 0.174 e. The topological polar surface area (TPSA) is 42.3 Å². The van der Waals surface area contributed by atoms with Crippen molar-refractivity contribution < 1.29 is 9.13 Å². The standard InChI is InChI=1S/C30H23FN4OS/c31-24-11-4-5-13-26(24)34-20-8-14-27(34)29-28(25-12-6-7-19-32-25)33-30(37)35(29)21-15-17-23(18-16-21)36-22-9-2-1-3-10-22/h1-20,28-29H,(H,33,37). The number of para-hydroxylation sites is 2. The molecule has 7 heteroatoms. The van der Waals surface area contributed by atoms with E-state index in [2.05, 4.69) is 15.2 Å². The van der Waals surface area contributed by atoms with Crippen LogP contribution in [0.4, 0.5) is 10.1 Å². The molecule has 2 aromatic heterocycles. The van der Waals surface area contributed by atoms with Gasteiger partial charge in [0, 0.05) is 23.8 Å². The van der Waals surface area contributed by atoms with E-state index in [0.717, 1.165) is 28.6 Å². The minimum atomic E-state index is -0.295. The van der Waals surface area contributed by atoms with Crippen LogP contribution in [0.25, 0.3) is 5.69 Å². The number of nitrogens with zero attached hydrogens (tertiary/aromatic N) is 3. The number of benzene rings is 3. The molecule has 1 aliphatic rings. The Morgan fingerprint density at radius 2 is 1.51 bits per heavy atom. The predicted molar refractivity (Wildman–Crippen MR) is 147 cm³/mol. The first-order valence-corrected chi connectivity index (χ1v) is 12.4. The van der Waals surface area contributed by atoms with Crippen LogP contribution in [-0.4, -0.2) is 14.7 Å². The quantitative estimate of drug-likeness (QED) is 0.252. The van der Waals surface area contributed by atoms with Gasteiger partial charge in [-0.25, -0.2) is 4.39 Å². The van der Waals surface area contributed by atoms with E-state index in [0.29, 0.717) is 10.8 Å². The highest BCUT2D eigenvalue weighted by atomic mass is 32.1. The first-order chi connectivity index (χ1) is 18.2. The molecule has 5 nitrogen and oxygen atoms in total. The SMILES string of the molecule is Fc1ccccc1-n1cccc1C1C(c2ccccn2)NC(=S)N1c1ccc(Oc2ccccc2)cc1. The molecule has 6 rings (SSSR count). The lowest BCUT2D eigenvalue weighted by molar-refractivity contribution is 0.482. The Kier molecular flexibility index (Phi) is 6.12. The lowest BCUT2D eigenvalue weighted by Gasteiger charge is -2.29. The average molecular weight is 507 g/mol. The van der Waals surface area contributed by atoms with E-state index in [9.17, 15) is 4.39 Å². The number of halogens is 1.